The van der Waals surface area contributed by atoms with Gasteiger partial charge in [-0.25, -0.2) is 0 Å². The summed E-state index contributed by atoms with van der Waals surface area (Å²) in [5, 5.41) is 33.1. The van der Waals surface area contributed by atoms with Crippen molar-refractivity contribution in [2.75, 3.05) is 13.2 Å². The molecule has 4 nitrogen and oxygen atoms in total. The molecule has 0 amide bonds. The number of unbranched alkanes of at least 4 members (excludes halogenated alkanes) is 1. The highest BCUT2D eigenvalue weighted by Gasteiger charge is 1.97. The molecule has 0 saturated heterocycles. The minimum atomic E-state index is -0.500. The molecule has 0 rings (SSSR count). The van der Waals surface area contributed by atoms with Crippen LogP contribution in [0.3, 0.4) is 0 Å². The molecule has 0 fully saturated rings. The fourth-order valence-corrected chi connectivity index (χ4v) is 0.158. The Morgan fingerprint density at radius 3 is 1.20 bits per heavy atom. The van der Waals surface area contributed by atoms with Crippen LogP contribution < -0.4 is 0 Å². The number of hydrogen-bond donors (Lipinski definition) is 4. The van der Waals surface area contributed by atoms with Gasteiger partial charge in [0.05, 0.1) is 11.7 Å². The van der Waals surface area contributed by atoms with E-state index < -0.39 is 5.60 Å². The molecule has 0 radical (unpaired) electrons. The zero-order valence-electron chi connectivity index (χ0n) is 15.0. The van der Waals surface area contributed by atoms with E-state index in [4.69, 9.17) is 20.4 Å². The standard InChI is InChI=1S/4C4H10O/c1-4(2,3)5;1-4(2)3-5;1-3-4(2)5;1-2-3-4-5/h5H,1-3H3;2*4-5H,3H2,1-2H3;5H,2-4H2,1H3. The van der Waals surface area contributed by atoms with E-state index in [1.165, 1.54) is 0 Å². The van der Waals surface area contributed by atoms with Gasteiger partial charge in [-0.2, -0.15) is 0 Å². The van der Waals surface area contributed by atoms with Crippen LogP contribution in [0, 0.1) is 5.92 Å². The van der Waals surface area contributed by atoms with Crippen LogP contribution >= 0.6 is 0 Å². The largest absolute Gasteiger partial charge is 0.396 e. The summed E-state index contributed by atoms with van der Waals surface area (Å²) >= 11 is 0. The van der Waals surface area contributed by atoms with E-state index in [2.05, 4.69) is 6.92 Å². The summed E-state index contributed by atoms with van der Waals surface area (Å²) in [5.41, 5.74) is -0.500. The minimum absolute atomic E-state index is 0.116. The van der Waals surface area contributed by atoms with Gasteiger partial charge >= 0.3 is 0 Å². The Labute approximate surface area is 126 Å². The number of hydrogen-bond acceptors (Lipinski definition) is 4. The second kappa shape index (κ2) is 21.1. The molecule has 4 heteroatoms. The quantitative estimate of drug-likeness (QED) is 0.643. The van der Waals surface area contributed by atoms with Crippen molar-refractivity contribution in [1.29, 1.82) is 0 Å². The third-order valence-corrected chi connectivity index (χ3v) is 1.47. The van der Waals surface area contributed by atoms with Gasteiger partial charge in [0.25, 0.3) is 0 Å². The molecule has 0 spiro atoms. The van der Waals surface area contributed by atoms with E-state index in [1.807, 2.05) is 20.8 Å². The van der Waals surface area contributed by atoms with Gasteiger partial charge in [-0.15, -0.1) is 0 Å². The van der Waals surface area contributed by atoms with E-state index in [0.29, 0.717) is 19.1 Å². The van der Waals surface area contributed by atoms with Crippen LogP contribution in [-0.2, 0) is 0 Å². The van der Waals surface area contributed by atoms with Gasteiger partial charge in [0.2, 0.25) is 0 Å². The first kappa shape index (κ1) is 28.1. The molecule has 4 N–H and O–H groups in total. The predicted molar refractivity (Wildman–Crippen MR) is 87.9 cm³/mol. The molecule has 0 aromatic carbocycles. The molecule has 0 aliphatic carbocycles. The summed E-state index contributed by atoms with van der Waals surface area (Å²) in [6, 6.07) is 0. The van der Waals surface area contributed by atoms with Crippen molar-refractivity contribution in [3.63, 3.8) is 0 Å². The number of rotatable bonds is 4. The van der Waals surface area contributed by atoms with Crippen LogP contribution in [0.1, 0.15) is 74.7 Å². The zero-order valence-corrected chi connectivity index (χ0v) is 15.0. The first-order valence-corrected chi connectivity index (χ1v) is 7.58. The van der Waals surface area contributed by atoms with Crippen molar-refractivity contribution in [1.82, 2.24) is 0 Å². The van der Waals surface area contributed by atoms with Crippen LogP contribution in [0.4, 0.5) is 0 Å². The summed E-state index contributed by atoms with van der Waals surface area (Å²) in [6.07, 6.45) is 2.78. The Bertz CT molecular complexity index is 124. The van der Waals surface area contributed by atoms with Crippen LogP contribution in [0.5, 0.6) is 0 Å². The third-order valence-electron chi connectivity index (χ3n) is 1.47. The zero-order chi connectivity index (χ0) is 17.2. The van der Waals surface area contributed by atoms with Crippen molar-refractivity contribution >= 4 is 0 Å². The van der Waals surface area contributed by atoms with Crippen molar-refractivity contribution in [2.45, 2.75) is 86.4 Å². The molecule has 0 aliphatic heterocycles. The Balaban J connectivity index is -0.0000000853. The molecular formula is C16H40O4. The highest BCUT2D eigenvalue weighted by atomic mass is 16.3. The molecule has 20 heavy (non-hydrogen) atoms. The van der Waals surface area contributed by atoms with Gasteiger partial charge in [-0.05, 0) is 46.5 Å². The lowest BCUT2D eigenvalue weighted by atomic mass is 10.2. The summed E-state index contributed by atoms with van der Waals surface area (Å²) in [5.74, 6) is 0.440. The topological polar surface area (TPSA) is 80.9 Å². The summed E-state index contributed by atoms with van der Waals surface area (Å²) in [6.45, 7) is 15.6. The van der Waals surface area contributed by atoms with Crippen LogP contribution in [0.2, 0.25) is 0 Å². The highest BCUT2D eigenvalue weighted by molar-refractivity contribution is 4.50. The molecule has 0 aromatic heterocycles. The molecule has 0 bridgehead atoms. The fourth-order valence-electron chi connectivity index (χ4n) is 0.158. The first-order valence-electron chi connectivity index (χ1n) is 7.58. The average Bonchev–Trinajstić information content (AvgIpc) is 2.29. The SMILES string of the molecule is CC(C)(C)O.CC(C)CO.CCC(C)O.CCCCO. The second-order valence-electron chi connectivity index (χ2n) is 6.08. The molecule has 1 atom stereocenters. The van der Waals surface area contributed by atoms with Gasteiger partial charge in [-0.3, -0.25) is 0 Å². The van der Waals surface area contributed by atoms with Gasteiger partial charge < -0.3 is 20.4 Å². The Kier molecular flexibility index (Phi) is 29.7. The van der Waals surface area contributed by atoms with Gasteiger partial charge in [0.15, 0.2) is 0 Å². The van der Waals surface area contributed by atoms with Crippen LogP contribution in [0.15, 0.2) is 0 Å². The van der Waals surface area contributed by atoms with Gasteiger partial charge in [0, 0.05) is 13.2 Å². The lowest BCUT2D eigenvalue weighted by Crippen LogP contribution is -2.10. The summed E-state index contributed by atoms with van der Waals surface area (Å²) < 4.78 is 0. The average molecular weight is 296 g/mol. The maximum absolute atomic E-state index is 8.52. The molecule has 0 aliphatic rings. The Morgan fingerprint density at radius 2 is 1.20 bits per heavy atom. The predicted octanol–water partition coefficient (Wildman–Crippen LogP) is 2.97. The second-order valence-corrected chi connectivity index (χ2v) is 6.08. The van der Waals surface area contributed by atoms with Crippen molar-refractivity contribution in [3.8, 4) is 0 Å². The molecule has 1 unspecified atom stereocenters. The minimum Gasteiger partial charge on any atom is -0.396 e. The maximum Gasteiger partial charge on any atom is 0.0563 e. The molecular weight excluding hydrogens is 256 g/mol. The van der Waals surface area contributed by atoms with E-state index >= 15 is 0 Å². The fraction of sp³-hybridized carbons (Fsp3) is 1.00. The van der Waals surface area contributed by atoms with E-state index in [1.54, 1.807) is 27.7 Å². The van der Waals surface area contributed by atoms with E-state index in [0.717, 1.165) is 19.3 Å². The Hall–Kier alpha value is -0.160. The Morgan fingerprint density at radius 1 is 0.950 bits per heavy atom. The van der Waals surface area contributed by atoms with Crippen LogP contribution in [0.25, 0.3) is 0 Å². The van der Waals surface area contributed by atoms with Crippen molar-refractivity contribution in [3.05, 3.63) is 0 Å². The number of aliphatic hydroxyl groups is 4. The first-order chi connectivity index (χ1) is 8.95. The lowest BCUT2D eigenvalue weighted by Gasteiger charge is -2.04. The molecule has 0 heterocycles. The van der Waals surface area contributed by atoms with E-state index in [9.17, 15) is 0 Å². The van der Waals surface area contributed by atoms with Crippen molar-refractivity contribution < 1.29 is 20.4 Å². The summed E-state index contributed by atoms with van der Waals surface area (Å²) in [4.78, 5) is 0. The monoisotopic (exact) mass is 296 g/mol. The third kappa shape index (κ3) is 148. The van der Waals surface area contributed by atoms with Crippen molar-refractivity contribution in [2.24, 2.45) is 5.92 Å². The summed E-state index contributed by atoms with van der Waals surface area (Å²) in [7, 11) is 0. The van der Waals surface area contributed by atoms with Gasteiger partial charge in [0.1, 0.15) is 0 Å². The maximum atomic E-state index is 8.52. The normalized spacial score (nSPS) is 11.2. The van der Waals surface area contributed by atoms with Gasteiger partial charge in [-0.1, -0.05) is 34.1 Å². The van der Waals surface area contributed by atoms with E-state index in [-0.39, 0.29) is 6.10 Å². The highest BCUT2D eigenvalue weighted by Crippen LogP contribution is 1.93. The molecule has 128 valence electrons. The molecule has 0 saturated carbocycles. The number of aliphatic hydroxyl groups excluding tert-OH is 3. The van der Waals surface area contributed by atoms with Crippen LogP contribution in [-0.4, -0.2) is 45.3 Å². The lowest BCUT2D eigenvalue weighted by molar-refractivity contribution is 0.102. The molecule has 0 aromatic rings. The smallest absolute Gasteiger partial charge is 0.0563 e.